The predicted octanol–water partition coefficient (Wildman–Crippen LogP) is 4.19. The molecule has 3 nitrogen and oxygen atoms in total. The van der Waals surface area contributed by atoms with Gasteiger partial charge in [-0.15, -0.1) is 11.3 Å². The number of hydrogen-bond donors (Lipinski definition) is 1. The van der Waals surface area contributed by atoms with Crippen molar-refractivity contribution < 1.29 is 4.79 Å². The third kappa shape index (κ3) is 3.37. The molecular formula is C19H26N2OS. The third-order valence-electron chi connectivity index (χ3n) is 6.16. The summed E-state index contributed by atoms with van der Waals surface area (Å²) in [6.07, 6.45) is 13.3. The van der Waals surface area contributed by atoms with E-state index in [9.17, 15) is 4.79 Å². The minimum absolute atomic E-state index is 0.0142. The van der Waals surface area contributed by atoms with Crippen LogP contribution in [0, 0.1) is 30.1 Å². The van der Waals surface area contributed by atoms with E-state index in [1.807, 2.05) is 18.4 Å². The van der Waals surface area contributed by atoms with E-state index in [-0.39, 0.29) is 5.91 Å². The van der Waals surface area contributed by atoms with Gasteiger partial charge in [-0.25, -0.2) is 4.98 Å². The zero-order chi connectivity index (χ0) is 15.9. The lowest BCUT2D eigenvalue weighted by Crippen LogP contribution is -2.47. The van der Waals surface area contributed by atoms with Crippen LogP contribution in [0.5, 0.6) is 0 Å². The van der Waals surface area contributed by atoms with Gasteiger partial charge in [0.2, 0.25) is 5.91 Å². The second-order valence-corrected chi connectivity index (χ2v) is 9.15. The summed E-state index contributed by atoms with van der Waals surface area (Å²) in [4.78, 5) is 16.3. The van der Waals surface area contributed by atoms with Gasteiger partial charge in [0, 0.05) is 18.0 Å². The monoisotopic (exact) mass is 330 g/mol. The van der Waals surface area contributed by atoms with Gasteiger partial charge in [0.1, 0.15) is 0 Å². The highest BCUT2D eigenvalue weighted by Crippen LogP contribution is 2.61. The summed E-state index contributed by atoms with van der Waals surface area (Å²) < 4.78 is 0. The Labute approximate surface area is 142 Å². The molecule has 4 heteroatoms. The maximum absolute atomic E-state index is 12.0. The highest BCUT2D eigenvalue weighted by Gasteiger charge is 2.50. The molecule has 4 aliphatic rings. The molecule has 1 amide bonds. The van der Waals surface area contributed by atoms with Gasteiger partial charge < -0.3 is 5.32 Å². The van der Waals surface area contributed by atoms with Crippen molar-refractivity contribution in [1.82, 2.24) is 10.3 Å². The van der Waals surface area contributed by atoms with Crippen LogP contribution in [0.15, 0.2) is 11.5 Å². The fourth-order valence-corrected chi connectivity index (χ4v) is 6.30. The van der Waals surface area contributed by atoms with E-state index in [2.05, 4.69) is 10.3 Å². The first-order valence-electron chi connectivity index (χ1n) is 8.98. The molecule has 0 saturated heterocycles. The average Bonchev–Trinajstić information content (AvgIpc) is 2.89. The van der Waals surface area contributed by atoms with Crippen molar-refractivity contribution in [3.8, 4) is 0 Å². The summed E-state index contributed by atoms with van der Waals surface area (Å²) in [6, 6.07) is 0. The molecule has 0 aliphatic heterocycles. The largest absolute Gasteiger partial charge is 0.353 e. The number of aromatic nitrogens is 1. The third-order valence-corrected chi connectivity index (χ3v) is 6.95. The molecule has 4 aliphatic carbocycles. The van der Waals surface area contributed by atoms with Crippen LogP contribution < -0.4 is 5.32 Å². The number of thiazole rings is 1. The van der Waals surface area contributed by atoms with Crippen LogP contribution in [0.25, 0.3) is 6.08 Å². The molecule has 1 heterocycles. The number of rotatable bonds is 5. The normalized spacial score (nSPS) is 35.1. The predicted molar refractivity (Wildman–Crippen MR) is 94.1 cm³/mol. The Kier molecular flexibility index (Phi) is 4.04. The highest BCUT2D eigenvalue weighted by atomic mass is 32.1. The number of aryl methyl sites for hydroxylation is 1. The minimum Gasteiger partial charge on any atom is -0.353 e. The van der Waals surface area contributed by atoms with Gasteiger partial charge in [0.15, 0.2) is 0 Å². The Bertz CT molecular complexity index is 583. The van der Waals surface area contributed by atoms with Gasteiger partial charge in [-0.2, -0.15) is 0 Å². The van der Waals surface area contributed by atoms with Gasteiger partial charge in [-0.05, 0) is 81.1 Å². The van der Waals surface area contributed by atoms with Gasteiger partial charge >= 0.3 is 0 Å². The number of carbonyl (C=O) groups excluding carboxylic acids is 1. The molecule has 4 fully saturated rings. The summed E-state index contributed by atoms with van der Waals surface area (Å²) in [5.74, 6) is 2.99. The van der Waals surface area contributed by atoms with E-state index in [0.29, 0.717) is 5.41 Å². The van der Waals surface area contributed by atoms with E-state index in [0.717, 1.165) is 35.0 Å². The number of nitrogens with one attached hydrogen (secondary N) is 1. The van der Waals surface area contributed by atoms with E-state index in [1.165, 1.54) is 44.9 Å². The fraction of sp³-hybridized carbons (Fsp3) is 0.684. The smallest absolute Gasteiger partial charge is 0.244 e. The van der Waals surface area contributed by atoms with Crippen molar-refractivity contribution in [3.63, 3.8) is 0 Å². The van der Waals surface area contributed by atoms with Gasteiger partial charge in [-0.1, -0.05) is 0 Å². The van der Waals surface area contributed by atoms with Crippen molar-refractivity contribution in [2.24, 2.45) is 23.2 Å². The van der Waals surface area contributed by atoms with E-state index in [4.69, 9.17) is 0 Å². The van der Waals surface area contributed by atoms with E-state index < -0.39 is 0 Å². The first-order valence-corrected chi connectivity index (χ1v) is 9.86. The van der Waals surface area contributed by atoms with Crippen molar-refractivity contribution in [3.05, 3.63) is 22.2 Å². The topological polar surface area (TPSA) is 42.0 Å². The molecule has 0 spiro atoms. The standard InChI is InChI=1S/C19H26N2OS/c1-13-21-17(12-23-13)2-3-18(22)20-5-4-19-9-14-6-15(10-19)8-16(7-14)11-19/h2-3,12,14-16H,4-11H2,1H3,(H,20,22)/b3-2+. The first-order chi connectivity index (χ1) is 11.1. The van der Waals surface area contributed by atoms with Crippen LogP contribution in [0.2, 0.25) is 0 Å². The minimum atomic E-state index is 0.0142. The van der Waals surface area contributed by atoms with Crippen molar-refractivity contribution in [1.29, 1.82) is 0 Å². The van der Waals surface area contributed by atoms with E-state index in [1.54, 1.807) is 17.4 Å². The molecule has 1 aromatic rings. The Morgan fingerprint density at radius 2 is 1.96 bits per heavy atom. The van der Waals surface area contributed by atoms with Gasteiger partial charge in [0.25, 0.3) is 0 Å². The zero-order valence-electron chi connectivity index (χ0n) is 13.9. The van der Waals surface area contributed by atoms with Crippen LogP contribution in [-0.2, 0) is 4.79 Å². The molecule has 1 aromatic heterocycles. The number of nitrogens with zero attached hydrogens (tertiary/aromatic N) is 1. The highest BCUT2D eigenvalue weighted by molar-refractivity contribution is 7.09. The molecule has 5 rings (SSSR count). The molecule has 0 radical (unpaired) electrons. The maximum atomic E-state index is 12.0. The van der Waals surface area contributed by atoms with E-state index >= 15 is 0 Å². The van der Waals surface area contributed by atoms with Crippen LogP contribution in [0.3, 0.4) is 0 Å². The second-order valence-electron chi connectivity index (χ2n) is 8.08. The lowest BCUT2D eigenvalue weighted by molar-refractivity contribution is -0.116. The number of carbonyl (C=O) groups is 1. The molecule has 1 N–H and O–H groups in total. The van der Waals surface area contributed by atoms with Crippen LogP contribution in [-0.4, -0.2) is 17.4 Å². The molecular weight excluding hydrogens is 304 g/mol. The number of hydrogen-bond acceptors (Lipinski definition) is 3. The quantitative estimate of drug-likeness (QED) is 0.823. The lowest BCUT2D eigenvalue weighted by Gasteiger charge is -2.57. The van der Waals surface area contributed by atoms with Crippen molar-refractivity contribution in [2.75, 3.05) is 6.54 Å². The Morgan fingerprint density at radius 3 is 2.52 bits per heavy atom. The van der Waals surface area contributed by atoms with Gasteiger partial charge in [0.05, 0.1) is 10.7 Å². The summed E-state index contributed by atoms with van der Waals surface area (Å²) in [7, 11) is 0. The fourth-order valence-electron chi connectivity index (χ4n) is 5.72. The Balaban J connectivity index is 1.27. The molecule has 0 atom stereocenters. The molecule has 23 heavy (non-hydrogen) atoms. The molecule has 0 aromatic carbocycles. The number of amides is 1. The summed E-state index contributed by atoms with van der Waals surface area (Å²) in [5, 5.41) is 6.10. The molecule has 124 valence electrons. The summed E-state index contributed by atoms with van der Waals surface area (Å²) in [5.41, 5.74) is 1.43. The van der Waals surface area contributed by atoms with Crippen LogP contribution >= 0.6 is 11.3 Å². The Hall–Kier alpha value is -1.16. The summed E-state index contributed by atoms with van der Waals surface area (Å²) in [6.45, 7) is 2.80. The second kappa shape index (κ2) is 6.04. The maximum Gasteiger partial charge on any atom is 0.244 e. The SMILES string of the molecule is Cc1nc(/C=C/C(=O)NCCC23CC4CC(CC(C4)C2)C3)cs1. The van der Waals surface area contributed by atoms with Crippen molar-refractivity contribution >= 4 is 23.3 Å². The van der Waals surface area contributed by atoms with Crippen LogP contribution in [0.1, 0.15) is 55.6 Å². The van der Waals surface area contributed by atoms with Crippen LogP contribution in [0.4, 0.5) is 0 Å². The molecule has 4 saturated carbocycles. The Morgan fingerprint density at radius 1 is 1.30 bits per heavy atom. The first kappa shape index (κ1) is 15.4. The molecule has 4 bridgehead atoms. The van der Waals surface area contributed by atoms with Gasteiger partial charge in [-0.3, -0.25) is 4.79 Å². The average molecular weight is 330 g/mol. The lowest BCUT2D eigenvalue weighted by atomic mass is 9.49. The molecule has 0 unspecified atom stereocenters. The summed E-state index contributed by atoms with van der Waals surface area (Å²) >= 11 is 1.61. The zero-order valence-corrected chi connectivity index (χ0v) is 14.7. The van der Waals surface area contributed by atoms with Crippen molar-refractivity contribution in [2.45, 2.75) is 51.9 Å².